The molecule has 8 nitrogen and oxygen atoms in total. The molecule has 8 heteroatoms. The number of morpholine rings is 1. The van der Waals surface area contributed by atoms with Crippen LogP contribution in [0.1, 0.15) is 28.9 Å². The molecule has 0 bridgehead atoms. The first-order chi connectivity index (χ1) is 14.4. The molecule has 0 aliphatic carbocycles. The van der Waals surface area contributed by atoms with E-state index in [-0.39, 0.29) is 23.5 Å². The number of nitrogens with two attached hydrogens (primary N) is 1. The fourth-order valence-electron chi connectivity index (χ4n) is 3.64. The Labute approximate surface area is 173 Å². The van der Waals surface area contributed by atoms with Crippen molar-refractivity contribution in [3.63, 3.8) is 0 Å². The largest absolute Gasteiger partial charge is 0.507 e. The molecule has 0 radical (unpaired) electrons. The Hall–Kier alpha value is -3.65. The monoisotopic (exact) mass is 406 g/mol. The number of carboxylic acid groups (broad SMARTS) is 1. The van der Waals surface area contributed by atoms with Gasteiger partial charge in [-0.2, -0.15) is 0 Å². The molecule has 1 aliphatic rings. The van der Waals surface area contributed by atoms with Crippen molar-refractivity contribution >= 4 is 17.5 Å². The highest BCUT2D eigenvalue weighted by Crippen LogP contribution is 2.34. The summed E-state index contributed by atoms with van der Waals surface area (Å²) in [4.78, 5) is 13.2. The van der Waals surface area contributed by atoms with Gasteiger partial charge in [-0.1, -0.05) is 24.3 Å². The number of rotatable bonds is 4. The smallest absolute Gasteiger partial charge is 0.335 e. The number of aromatic carboxylic acids is 1. The molecule has 3 aromatic rings. The van der Waals surface area contributed by atoms with Gasteiger partial charge >= 0.3 is 5.97 Å². The van der Waals surface area contributed by atoms with E-state index in [9.17, 15) is 9.90 Å². The number of para-hydroxylation sites is 1. The molecular formula is C22H22N4O4. The van der Waals surface area contributed by atoms with Crippen LogP contribution in [0, 0.1) is 0 Å². The molecule has 0 saturated carbocycles. The molecule has 0 amide bonds. The van der Waals surface area contributed by atoms with Crippen LogP contribution in [-0.4, -0.2) is 45.6 Å². The van der Waals surface area contributed by atoms with Crippen LogP contribution in [0.4, 0.5) is 11.5 Å². The van der Waals surface area contributed by atoms with Gasteiger partial charge in [0.05, 0.1) is 23.0 Å². The van der Waals surface area contributed by atoms with Crippen LogP contribution in [0.15, 0.2) is 54.6 Å². The average molecular weight is 406 g/mol. The molecule has 2 heterocycles. The fraction of sp³-hybridized carbons (Fsp3) is 0.227. The normalized spacial score (nSPS) is 18.9. The zero-order chi connectivity index (χ0) is 21.3. The second-order valence-electron chi connectivity index (χ2n) is 7.28. The topological polar surface area (TPSA) is 122 Å². The number of phenols is 1. The van der Waals surface area contributed by atoms with Crippen molar-refractivity contribution in [1.82, 2.24) is 10.2 Å². The third-order valence-corrected chi connectivity index (χ3v) is 5.11. The minimum atomic E-state index is -0.964. The summed E-state index contributed by atoms with van der Waals surface area (Å²) in [6, 6.07) is 15.4. The standard InChI is InChI=1S/C22H22N4O4/c1-13-11-26(12-20(30-13)14-6-8-15(9-7-14)22(28)29)18-10-17(24-25-21(18)23)16-4-2-3-5-19(16)27/h2-10,13,20,27H,11-12H2,1H3,(H2,23,25)(H,28,29)/t13-,20-/m1/s1. The first-order valence-corrected chi connectivity index (χ1v) is 9.57. The van der Waals surface area contributed by atoms with E-state index in [1.807, 2.05) is 19.1 Å². The summed E-state index contributed by atoms with van der Waals surface area (Å²) >= 11 is 0. The summed E-state index contributed by atoms with van der Waals surface area (Å²) < 4.78 is 6.09. The summed E-state index contributed by atoms with van der Waals surface area (Å²) in [6.07, 6.45) is -0.332. The lowest BCUT2D eigenvalue weighted by atomic mass is 10.0. The van der Waals surface area contributed by atoms with Gasteiger partial charge in [0.2, 0.25) is 0 Å². The molecule has 30 heavy (non-hydrogen) atoms. The van der Waals surface area contributed by atoms with Crippen molar-refractivity contribution in [3.8, 4) is 17.0 Å². The van der Waals surface area contributed by atoms with Crippen LogP contribution in [-0.2, 0) is 4.74 Å². The second kappa shape index (κ2) is 8.00. The van der Waals surface area contributed by atoms with Crippen LogP contribution >= 0.6 is 0 Å². The molecule has 2 aromatic carbocycles. The van der Waals surface area contributed by atoms with Gasteiger partial charge in [0.25, 0.3) is 0 Å². The molecular weight excluding hydrogens is 384 g/mol. The van der Waals surface area contributed by atoms with Gasteiger partial charge in [-0.15, -0.1) is 10.2 Å². The molecule has 1 fully saturated rings. The number of nitrogens with zero attached hydrogens (tertiary/aromatic N) is 3. The van der Waals surface area contributed by atoms with Gasteiger partial charge in [-0.05, 0) is 42.8 Å². The number of benzene rings is 2. The van der Waals surface area contributed by atoms with Crippen molar-refractivity contribution in [1.29, 1.82) is 0 Å². The van der Waals surface area contributed by atoms with Crippen molar-refractivity contribution < 1.29 is 19.7 Å². The maximum Gasteiger partial charge on any atom is 0.335 e. The zero-order valence-corrected chi connectivity index (χ0v) is 16.4. The minimum Gasteiger partial charge on any atom is -0.507 e. The van der Waals surface area contributed by atoms with Crippen LogP contribution < -0.4 is 10.6 Å². The van der Waals surface area contributed by atoms with Crippen LogP contribution in [0.2, 0.25) is 0 Å². The lowest BCUT2D eigenvalue weighted by Crippen LogP contribution is -2.43. The Morgan fingerprint density at radius 1 is 1.13 bits per heavy atom. The molecule has 0 unspecified atom stereocenters. The molecule has 2 atom stereocenters. The Kier molecular flexibility index (Phi) is 5.24. The quantitative estimate of drug-likeness (QED) is 0.604. The third kappa shape index (κ3) is 3.90. The number of aromatic hydroxyl groups is 1. The lowest BCUT2D eigenvalue weighted by Gasteiger charge is -2.38. The highest BCUT2D eigenvalue weighted by molar-refractivity contribution is 5.87. The lowest BCUT2D eigenvalue weighted by molar-refractivity contribution is -0.0173. The molecule has 1 saturated heterocycles. The van der Waals surface area contributed by atoms with Crippen LogP contribution in [0.3, 0.4) is 0 Å². The van der Waals surface area contributed by atoms with E-state index in [0.29, 0.717) is 35.9 Å². The van der Waals surface area contributed by atoms with Gasteiger partial charge in [0.1, 0.15) is 11.9 Å². The van der Waals surface area contributed by atoms with E-state index in [4.69, 9.17) is 15.6 Å². The van der Waals surface area contributed by atoms with Crippen LogP contribution in [0.25, 0.3) is 11.3 Å². The SMILES string of the molecule is C[C@@H]1CN(c2cc(-c3ccccc3O)nnc2N)C[C@H](c2ccc(C(=O)O)cc2)O1. The fourth-order valence-corrected chi connectivity index (χ4v) is 3.64. The number of anilines is 2. The number of carbonyl (C=O) groups is 1. The van der Waals surface area contributed by atoms with E-state index < -0.39 is 5.97 Å². The van der Waals surface area contributed by atoms with E-state index in [1.165, 1.54) is 0 Å². The Balaban J connectivity index is 1.64. The first-order valence-electron chi connectivity index (χ1n) is 9.57. The van der Waals surface area contributed by atoms with Crippen molar-refractivity contribution in [2.75, 3.05) is 23.7 Å². The van der Waals surface area contributed by atoms with Gasteiger partial charge in [0, 0.05) is 18.7 Å². The number of hydrogen-bond acceptors (Lipinski definition) is 7. The number of ether oxygens (including phenoxy) is 1. The molecule has 4 N–H and O–H groups in total. The number of carboxylic acids is 1. The van der Waals surface area contributed by atoms with E-state index >= 15 is 0 Å². The predicted octanol–water partition coefficient (Wildman–Crippen LogP) is 3.10. The summed E-state index contributed by atoms with van der Waals surface area (Å²) in [5.74, 6) is -0.550. The zero-order valence-electron chi connectivity index (χ0n) is 16.4. The van der Waals surface area contributed by atoms with Gasteiger partial charge in [-0.25, -0.2) is 4.79 Å². The maximum absolute atomic E-state index is 11.1. The van der Waals surface area contributed by atoms with Gasteiger partial charge in [-0.3, -0.25) is 0 Å². The van der Waals surface area contributed by atoms with E-state index in [0.717, 1.165) is 5.56 Å². The predicted molar refractivity (Wildman–Crippen MR) is 112 cm³/mol. The summed E-state index contributed by atoms with van der Waals surface area (Å²) in [5.41, 5.74) is 9.07. The molecule has 154 valence electrons. The highest BCUT2D eigenvalue weighted by atomic mass is 16.5. The highest BCUT2D eigenvalue weighted by Gasteiger charge is 2.28. The summed E-state index contributed by atoms with van der Waals surface area (Å²) in [5, 5.41) is 27.5. The van der Waals surface area contributed by atoms with Gasteiger partial charge in [0.15, 0.2) is 5.82 Å². The van der Waals surface area contributed by atoms with Crippen LogP contribution in [0.5, 0.6) is 5.75 Å². The number of aromatic nitrogens is 2. The number of hydrogen-bond donors (Lipinski definition) is 3. The van der Waals surface area contributed by atoms with E-state index in [2.05, 4.69) is 15.1 Å². The maximum atomic E-state index is 11.1. The van der Waals surface area contributed by atoms with E-state index in [1.54, 1.807) is 42.5 Å². The van der Waals surface area contributed by atoms with Crippen molar-refractivity contribution in [2.45, 2.75) is 19.1 Å². The molecule has 1 aromatic heterocycles. The minimum absolute atomic E-state index is 0.0796. The summed E-state index contributed by atoms with van der Waals surface area (Å²) in [7, 11) is 0. The molecule has 4 rings (SSSR count). The van der Waals surface area contributed by atoms with Crippen molar-refractivity contribution in [2.24, 2.45) is 0 Å². The van der Waals surface area contributed by atoms with Gasteiger partial charge < -0.3 is 25.6 Å². The van der Waals surface area contributed by atoms with Crippen molar-refractivity contribution in [3.05, 3.63) is 65.7 Å². The summed E-state index contributed by atoms with van der Waals surface area (Å²) in [6.45, 7) is 3.10. The number of nitrogen functional groups attached to an aromatic ring is 1. The first kappa shape index (κ1) is 19.7. The number of phenolic OH excluding ortho intramolecular Hbond substituents is 1. The third-order valence-electron chi connectivity index (χ3n) is 5.11. The Morgan fingerprint density at radius 3 is 2.57 bits per heavy atom. The second-order valence-corrected chi connectivity index (χ2v) is 7.28. The Bertz CT molecular complexity index is 1070. The molecule has 0 spiro atoms. The molecule has 1 aliphatic heterocycles. The average Bonchev–Trinajstić information content (AvgIpc) is 2.74. The Morgan fingerprint density at radius 2 is 1.87 bits per heavy atom.